The Balaban J connectivity index is 2.18. The van der Waals surface area contributed by atoms with Crippen molar-refractivity contribution in [3.05, 3.63) is 39.4 Å². The first kappa shape index (κ1) is 12.5. The molecule has 0 saturated heterocycles. The van der Waals surface area contributed by atoms with Gasteiger partial charge in [-0.05, 0) is 31.4 Å². The lowest BCUT2D eigenvalue weighted by Gasteiger charge is -2.32. The molecule has 1 amide bonds. The number of hydrogen-bond donors (Lipinski definition) is 2. The molecule has 96 valence electrons. The van der Waals surface area contributed by atoms with E-state index in [4.69, 9.17) is 5.73 Å². The Labute approximate surface area is 104 Å². The number of carbonyl (C=O) groups is 1. The van der Waals surface area contributed by atoms with Gasteiger partial charge in [-0.1, -0.05) is 6.07 Å². The van der Waals surface area contributed by atoms with Gasteiger partial charge in [0.1, 0.15) is 5.56 Å². The molecule has 1 aromatic carbocycles. The van der Waals surface area contributed by atoms with Crippen LogP contribution in [0.1, 0.15) is 28.8 Å². The molecule has 0 aliphatic heterocycles. The fourth-order valence-corrected chi connectivity index (χ4v) is 2.03. The number of nitrogens with two attached hydrogens (primary N) is 1. The number of carbonyl (C=O) groups excluding carboxylic acids is 1. The fourth-order valence-electron chi connectivity index (χ4n) is 2.03. The van der Waals surface area contributed by atoms with Crippen molar-refractivity contribution < 1.29 is 9.72 Å². The molecule has 1 saturated carbocycles. The number of benzene rings is 1. The second-order valence-corrected chi connectivity index (χ2v) is 4.68. The summed E-state index contributed by atoms with van der Waals surface area (Å²) in [4.78, 5) is 22.3. The predicted molar refractivity (Wildman–Crippen MR) is 66.3 cm³/mol. The Hall–Kier alpha value is -1.95. The summed E-state index contributed by atoms with van der Waals surface area (Å²) in [6, 6.07) is 4.67. The van der Waals surface area contributed by atoms with Gasteiger partial charge in [0.25, 0.3) is 11.6 Å². The second kappa shape index (κ2) is 4.73. The van der Waals surface area contributed by atoms with Crippen molar-refractivity contribution in [2.24, 2.45) is 5.73 Å². The van der Waals surface area contributed by atoms with E-state index in [0.29, 0.717) is 0 Å². The van der Waals surface area contributed by atoms with E-state index in [1.807, 2.05) is 0 Å². The van der Waals surface area contributed by atoms with Crippen LogP contribution < -0.4 is 11.1 Å². The Kier molecular flexibility index (Phi) is 3.29. The van der Waals surface area contributed by atoms with E-state index in [-0.39, 0.29) is 23.3 Å². The van der Waals surface area contributed by atoms with Crippen molar-refractivity contribution in [1.29, 1.82) is 0 Å². The van der Waals surface area contributed by atoms with Crippen LogP contribution in [0, 0.1) is 17.0 Å². The fraction of sp³-hybridized carbons (Fsp3) is 0.417. The van der Waals surface area contributed by atoms with Gasteiger partial charge in [0, 0.05) is 18.2 Å². The van der Waals surface area contributed by atoms with Gasteiger partial charge in [-0.15, -0.1) is 0 Å². The maximum Gasteiger partial charge on any atom is 0.282 e. The number of nitrogens with zero attached hydrogens (tertiary/aromatic N) is 1. The molecule has 18 heavy (non-hydrogen) atoms. The molecular formula is C12H15N3O3. The third kappa shape index (κ3) is 2.48. The minimum Gasteiger partial charge on any atom is -0.349 e. The minimum absolute atomic E-state index is 0.0348. The summed E-state index contributed by atoms with van der Waals surface area (Å²) in [7, 11) is 0. The van der Waals surface area contributed by atoms with Crippen LogP contribution in [-0.4, -0.2) is 22.9 Å². The van der Waals surface area contributed by atoms with E-state index in [2.05, 4.69) is 5.32 Å². The Bertz CT molecular complexity index is 495. The summed E-state index contributed by atoms with van der Waals surface area (Å²) in [5.41, 5.74) is 6.39. The first-order valence-corrected chi connectivity index (χ1v) is 5.79. The smallest absolute Gasteiger partial charge is 0.282 e. The van der Waals surface area contributed by atoms with Crippen molar-refractivity contribution in [1.82, 2.24) is 5.32 Å². The highest BCUT2D eigenvalue weighted by Gasteiger charge is 2.29. The average Bonchev–Trinajstić information content (AvgIpc) is 2.26. The number of nitro groups is 1. The van der Waals surface area contributed by atoms with Gasteiger partial charge in [0.05, 0.1) is 4.92 Å². The quantitative estimate of drug-likeness (QED) is 0.619. The van der Waals surface area contributed by atoms with Crippen molar-refractivity contribution in [3.8, 4) is 0 Å². The van der Waals surface area contributed by atoms with Crippen LogP contribution in [0.15, 0.2) is 18.2 Å². The number of nitro benzene ring substituents is 1. The zero-order chi connectivity index (χ0) is 13.3. The molecule has 0 aromatic heterocycles. The van der Waals surface area contributed by atoms with Crippen LogP contribution in [0.25, 0.3) is 0 Å². The molecule has 0 radical (unpaired) electrons. The largest absolute Gasteiger partial charge is 0.349 e. The summed E-state index contributed by atoms with van der Waals surface area (Å²) in [6.07, 6.45) is 1.46. The molecule has 0 heterocycles. The molecule has 3 N–H and O–H groups in total. The van der Waals surface area contributed by atoms with E-state index in [1.165, 1.54) is 12.1 Å². The Morgan fingerprint density at radius 2 is 2.17 bits per heavy atom. The van der Waals surface area contributed by atoms with Gasteiger partial charge in [0.15, 0.2) is 0 Å². The van der Waals surface area contributed by atoms with Crippen LogP contribution in [0.4, 0.5) is 5.69 Å². The lowest BCUT2D eigenvalue weighted by Crippen LogP contribution is -2.50. The van der Waals surface area contributed by atoms with E-state index in [1.54, 1.807) is 13.0 Å². The van der Waals surface area contributed by atoms with Crippen LogP contribution in [0.3, 0.4) is 0 Å². The molecule has 0 atom stereocenters. The number of amides is 1. The molecule has 1 aromatic rings. The Morgan fingerprint density at radius 3 is 2.72 bits per heavy atom. The zero-order valence-electron chi connectivity index (χ0n) is 10.1. The van der Waals surface area contributed by atoms with Gasteiger partial charge in [0.2, 0.25) is 0 Å². The van der Waals surface area contributed by atoms with Crippen LogP contribution in [0.2, 0.25) is 0 Å². The molecule has 0 bridgehead atoms. The van der Waals surface area contributed by atoms with Gasteiger partial charge < -0.3 is 11.1 Å². The highest BCUT2D eigenvalue weighted by molar-refractivity contribution is 5.98. The van der Waals surface area contributed by atoms with E-state index < -0.39 is 10.8 Å². The van der Waals surface area contributed by atoms with Gasteiger partial charge in [-0.25, -0.2) is 0 Å². The van der Waals surface area contributed by atoms with Gasteiger partial charge >= 0.3 is 0 Å². The topological polar surface area (TPSA) is 98.3 Å². The van der Waals surface area contributed by atoms with Gasteiger partial charge in [-0.2, -0.15) is 0 Å². The van der Waals surface area contributed by atoms with Crippen LogP contribution >= 0.6 is 0 Å². The van der Waals surface area contributed by atoms with Crippen LogP contribution in [0.5, 0.6) is 0 Å². The van der Waals surface area contributed by atoms with Crippen molar-refractivity contribution in [2.45, 2.75) is 31.8 Å². The highest BCUT2D eigenvalue weighted by atomic mass is 16.6. The molecule has 0 unspecified atom stereocenters. The lowest BCUT2D eigenvalue weighted by atomic mass is 9.87. The van der Waals surface area contributed by atoms with Crippen LogP contribution in [-0.2, 0) is 0 Å². The molecule has 0 spiro atoms. The first-order valence-electron chi connectivity index (χ1n) is 5.79. The lowest BCUT2D eigenvalue weighted by molar-refractivity contribution is -0.385. The molecular weight excluding hydrogens is 234 g/mol. The van der Waals surface area contributed by atoms with Crippen molar-refractivity contribution in [2.75, 3.05) is 0 Å². The summed E-state index contributed by atoms with van der Waals surface area (Å²) in [5.74, 6) is -0.401. The maximum atomic E-state index is 12.0. The monoisotopic (exact) mass is 249 g/mol. The highest BCUT2D eigenvalue weighted by Crippen LogP contribution is 2.22. The molecule has 6 nitrogen and oxygen atoms in total. The summed E-state index contributed by atoms with van der Waals surface area (Å²) >= 11 is 0. The van der Waals surface area contributed by atoms with Crippen molar-refractivity contribution in [3.63, 3.8) is 0 Å². The summed E-state index contributed by atoms with van der Waals surface area (Å²) in [5, 5.41) is 13.6. The summed E-state index contributed by atoms with van der Waals surface area (Å²) < 4.78 is 0. The molecule has 1 aliphatic rings. The second-order valence-electron chi connectivity index (χ2n) is 4.68. The molecule has 1 fully saturated rings. The SMILES string of the molecule is Cc1ccc([N+](=O)[O-])c(C(=O)NC2CC(N)C2)c1. The normalized spacial score (nSPS) is 22.1. The first-order chi connectivity index (χ1) is 8.47. The van der Waals surface area contributed by atoms with E-state index in [0.717, 1.165) is 18.4 Å². The average molecular weight is 249 g/mol. The minimum atomic E-state index is -0.541. The zero-order valence-corrected chi connectivity index (χ0v) is 10.1. The number of rotatable bonds is 3. The number of aryl methyl sites for hydroxylation is 1. The summed E-state index contributed by atoms with van der Waals surface area (Å²) in [6.45, 7) is 1.79. The van der Waals surface area contributed by atoms with Gasteiger partial charge in [-0.3, -0.25) is 14.9 Å². The predicted octanol–water partition coefficient (Wildman–Crippen LogP) is 1.12. The Morgan fingerprint density at radius 1 is 1.50 bits per heavy atom. The number of nitrogens with one attached hydrogen (secondary N) is 1. The standard InChI is InChI=1S/C12H15N3O3/c1-7-2-3-11(15(17)18)10(4-7)12(16)14-9-5-8(13)6-9/h2-4,8-9H,5-6,13H2,1H3,(H,14,16). The third-order valence-electron chi connectivity index (χ3n) is 3.10. The third-order valence-corrected chi connectivity index (χ3v) is 3.10. The maximum absolute atomic E-state index is 12.0. The molecule has 2 rings (SSSR count). The molecule has 6 heteroatoms. The van der Waals surface area contributed by atoms with Crippen molar-refractivity contribution >= 4 is 11.6 Å². The van der Waals surface area contributed by atoms with E-state index >= 15 is 0 Å². The van der Waals surface area contributed by atoms with E-state index in [9.17, 15) is 14.9 Å². The molecule has 1 aliphatic carbocycles. The number of hydrogen-bond acceptors (Lipinski definition) is 4.